The van der Waals surface area contributed by atoms with Crippen molar-refractivity contribution < 1.29 is 9.47 Å². The summed E-state index contributed by atoms with van der Waals surface area (Å²) in [6.45, 7) is 2.93. The zero-order valence-electron chi connectivity index (χ0n) is 11.8. The van der Waals surface area contributed by atoms with Gasteiger partial charge < -0.3 is 14.8 Å². The van der Waals surface area contributed by atoms with Gasteiger partial charge in [0.1, 0.15) is 13.2 Å². The maximum Gasteiger partial charge on any atom is 0.161 e. The van der Waals surface area contributed by atoms with Crippen LogP contribution in [0.1, 0.15) is 11.1 Å². The van der Waals surface area contributed by atoms with Crippen LogP contribution in [0.4, 0.5) is 0 Å². The Morgan fingerprint density at radius 1 is 1.00 bits per heavy atom. The van der Waals surface area contributed by atoms with E-state index in [4.69, 9.17) is 21.1 Å². The minimum absolute atomic E-state index is 0.626. The van der Waals surface area contributed by atoms with Crippen molar-refractivity contribution in [3.63, 3.8) is 0 Å². The van der Waals surface area contributed by atoms with Gasteiger partial charge in [-0.15, -0.1) is 0 Å². The van der Waals surface area contributed by atoms with E-state index in [1.807, 2.05) is 30.3 Å². The van der Waals surface area contributed by atoms with Crippen LogP contribution in [-0.4, -0.2) is 19.8 Å². The Hall–Kier alpha value is -1.71. The van der Waals surface area contributed by atoms with E-state index >= 15 is 0 Å². The Kier molecular flexibility index (Phi) is 4.63. The first-order valence-electron chi connectivity index (χ1n) is 7.15. The van der Waals surface area contributed by atoms with Crippen molar-refractivity contribution in [3.8, 4) is 11.5 Å². The molecule has 0 saturated carbocycles. The second kappa shape index (κ2) is 6.83. The van der Waals surface area contributed by atoms with Gasteiger partial charge in [-0.3, -0.25) is 0 Å². The SMILES string of the molecule is Clc1ccccc1CNCCc1ccc2c(c1)OCCO2. The van der Waals surface area contributed by atoms with Gasteiger partial charge in [-0.2, -0.15) is 0 Å². The number of rotatable bonds is 5. The van der Waals surface area contributed by atoms with Crippen LogP contribution in [0.5, 0.6) is 11.5 Å². The molecule has 0 amide bonds. The minimum Gasteiger partial charge on any atom is -0.486 e. The van der Waals surface area contributed by atoms with Crippen LogP contribution < -0.4 is 14.8 Å². The molecular formula is C17H18ClNO2. The number of benzene rings is 2. The average molecular weight is 304 g/mol. The van der Waals surface area contributed by atoms with Gasteiger partial charge in [-0.05, 0) is 42.3 Å². The van der Waals surface area contributed by atoms with Gasteiger partial charge in [0.2, 0.25) is 0 Å². The molecule has 21 heavy (non-hydrogen) atoms. The Labute approximate surface area is 129 Å². The van der Waals surface area contributed by atoms with Gasteiger partial charge >= 0.3 is 0 Å². The molecule has 0 fully saturated rings. The maximum atomic E-state index is 6.13. The summed E-state index contributed by atoms with van der Waals surface area (Å²) in [4.78, 5) is 0. The first-order valence-corrected chi connectivity index (χ1v) is 7.53. The molecule has 1 aliphatic heterocycles. The molecular weight excluding hydrogens is 286 g/mol. The van der Waals surface area contributed by atoms with E-state index in [-0.39, 0.29) is 0 Å². The van der Waals surface area contributed by atoms with Crippen LogP contribution in [-0.2, 0) is 13.0 Å². The Balaban J connectivity index is 1.50. The van der Waals surface area contributed by atoms with Crippen LogP contribution in [0.3, 0.4) is 0 Å². The summed E-state index contributed by atoms with van der Waals surface area (Å²) in [5, 5.41) is 4.22. The van der Waals surface area contributed by atoms with E-state index in [1.165, 1.54) is 5.56 Å². The fourth-order valence-corrected chi connectivity index (χ4v) is 2.54. The molecule has 0 radical (unpaired) electrons. The van der Waals surface area contributed by atoms with E-state index in [0.29, 0.717) is 13.2 Å². The molecule has 4 heteroatoms. The second-order valence-electron chi connectivity index (χ2n) is 5.00. The number of nitrogens with one attached hydrogen (secondary N) is 1. The van der Waals surface area contributed by atoms with E-state index in [1.54, 1.807) is 0 Å². The van der Waals surface area contributed by atoms with Gasteiger partial charge in [0.15, 0.2) is 11.5 Å². The van der Waals surface area contributed by atoms with E-state index in [9.17, 15) is 0 Å². The maximum absolute atomic E-state index is 6.13. The van der Waals surface area contributed by atoms with Crippen molar-refractivity contribution in [1.82, 2.24) is 5.32 Å². The van der Waals surface area contributed by atoms with Crippen molar-refractivity contribution in [2.45, 2.75) is 13.0 Å². The van der Waals surface area contributed by atoms with Crippen LogP contribution >= 0.6 is 11.6 Å². The summed E-state index contributed by atoms with van der Waals surface area (Å²) in [6.07, 6.45) is 0.946. The molecule has 0 unspecified atom stereocenters. The van der Waals surface area contributed by atoms with Crippen molar-refractivity contribution in [3.05, 3.63) is 58.6 Å². The van der Waals surface area contributed by atoms with E-state index in [0.717, 1.165) is 41.6 Å². The summed E-state index contributed by atoms with van der Waals surface area (Å²) in [5.74, 6) is 1.69. The number of hydrogen-bond acceptors (Lipinski definition) is 3. The molecule has 0 saturated heterocycles. The molecule has 0 aromatic heterocycles. The molecule has 0 spiro atoms. The highest BCUT2D eigenvalue weighted by molar-refractivity contribution is 6.31. The third-order valence-electron chi connectivity index (χ3n) is 3.47. The van der Waals surface area contributed by atoms with Crippen molar-refractivity contribution in [1.29, 1.82) is 0 Å². The third-order valence-corrected chi connectivity index (χ3v) is 3.84. The number of ether oxygens (including phenoxy) is 2. The average Bonchev–Trinajstić information content (AvgIpc) is 2.53. The van der Waals surface area contributed by atoms with Gasteiger partial charge in [-0.1, -0.05) is 35.9 Å². The van der Waals surface area contributed by atoms with E-state index in [2.05, 4.69) is 17.4 Å². The summed E-state index contributed by atoms with van der Waals surface area (Å²) in [7, 11) is 0. The minimum atomic E-state index is 0.626. The Morgan fingerprint density at radius 2 is 1.81 bits per heavy atom. The predicted octanol–water partition coefficient (Wildman–Crippen LogP) is 3.44. The quantitative estimate of drug-likeness (QED) is 0.858. The topological polar surface area (TPSA) is 30.5 Å². The lowest BCUT2D eigenvalue weighted by Gasteiger charge is -2.18. The molecule has 0 aliphatic carbocycles. The normalized spacial score (nSPS) is 13.2. The molecule has 110 valence electrons. The molecule has 2 aromatic carbocycles. The summed E-state index contributed by atoms with van der Waals surface area (Å²) in [5.41, 5.74) is 2.37. The lowest BCUT2D eigenvalue weighted by molar-refractivity contribution is 0.171. The van der Waals surface area contributed by atoms with Crippen LogP contribution in [0, 0.1) is 0 Å². The van der Waals surface area contributed by atoms with Gasteiger partial charge in [0.05, 0.1) is 0 Å². The van der Waals surface area contributed by atoms with Crippen LogP contribution in [0.2, 0.25) is 5.02 Å². The lowest BCUT2D eigenvalue weighted by Crippen LogP contribution is -2.18. The Bertz CT molecular complexity index is 615. The molecule has 3 nitrogen and oxygen atoms in total. The monoisotopic (exact) mass is 303 g/mol. The summed E-state index contributed by atoms with van der Waals surface area (Å²) >= 11 is 6.13. The van der Waals surface area contributed by atoms with Crippen LogP contribution in [0.15, 0.2) is 42.5 Å². The second-order valence-corrected chi connectivity index (χ2v) is 5.40. The lowest BCUT2D eigenvalue weighted by atomic mass is 10.1. The van der Waals surface area contributed by atoms with E-state index < -0.39 is 0 Å². The number of fused-ring (bicyclic) bond motifs is 1. The number of halogens is 1. The third kappa shape index (κ3) is 3.69. The number of hydrogen-bond donors (Lipinski definition) is 1. The fraction of sp³-hybridized carbons (Fsp3) is 0.294. The molecule has 1 heterocycles. The smallest absolute Gasteiger partial charge is 0.161 e. The molecule has 2 aromatic rings. The van der Waals surface area contributed by atoms with Crippen molar-refractivity contribution in [2.75, 3.05) is 19.8 Å². The van der Waals surface area contributed by atoms with Gasteiger partial charge in [0.25, 0.3) is 0 Å². The van der Waals surface area contributed by atoms with Crippen molar-refractivity contribution in [2.24, 2.45) is 0 Å². The highest BCUT2D eigenvalue weighted by Crippen LogP contribution is 2.30. The molecule has 0 bridgehead atoms. The standard InChI is InChI=1S/C17H18ClNO2/c18-15-4-2-1-3-14(15)12-19-8-7-13-5-6-16-17(11-13)21-10-9-20-16/h1-6,11,19H,7-10,12H2. The highest BCUT2D eigenvalue weighted by Gasteiger charge is 2.11. The van der Waals surface area contributed by atoms with Crippen molar-refractivity contribution >= 4 is 11.6 Å². The highest BCUT2D eigenvalue weighted by atomic mass is 35.5. The molecule has 3 rings (SSSR count). The first-order chi connectivity index (χ1) is 10.3. The zero-order valence-corrected chi connectivity index (χ0v) is 12.5. The van der Waals surface area contributed by atoms with Gasteiger partial charge in [0, 0.05) is 11.6 Å². The zero-order chi connectivity index (χ0) is 14.5. The predicted molar refractivity (Wildman–Crippen MR) is 84.3 cm³/mol. The summed E-state index contributed by atoms with van der Waals surface area (Å²) < 4.78 is 11.1. The Morgan fingerprint density at radius 3 is 2.67 bits per heavy atom. The summed E-state index contributed by atoms with van der Waals surface area (Å²) in [6, 6.07) is 14.0. The fourth-order valence-electron chi connectivity index (χ4n) is 2.34. The molecule has 0 atom stereocenters. The molecule has 1 aliphatic rings. The van der Waals surface area contributed by atoms with Gasteiger partial charge in [-0.25, -0.2) is 0 Å². The largest absolute Gasteiger partial charge is 0.486 e. The molecule has 1 N–H and O–H groups in total. The first kappa shape index (κ1) is 14.2. The van der Waals surface area contributed by atoms with Crippen LogP contribution in [0.25, 0.3) is 0 Å².